The number of nitrogens with zero attached hydrogens (tertiary/aromatic N) is 1. The summed E-state index contributed by atoms with van der Waals surface area (Å²) in [5.74, 6) is -0.455. The minimum Gasteiger partial charge on any atom is -0.495 e. The number of carbonyl (C=O) groups excluding carboxylic acids is 1. The molecule has 12 heteroatoms. The summed E-state index contributed by atoms with van der Waals surface area (Å²) in [6.07, 6.45) is -1.21. The monoisotopic (exact) mass is 559 g/mol. The number of methoxy groups -OCH3 is 1. The molecule has 1 aliphatic rings. The number of hydrogen-bond acceptors (Lipinski definition) is 7. The van der Waals surface area contributed by atoms with Crippen molar-refractivity contribution in [1.29, 1.82) is 0 Å². The average Bonchev–Trinajstić information content (AvgIpc) is 2.87. The highest BCUT2D eigenvalue weighted by atomic mass is 32.2. The van der Waals surface area contributed by atoms with E-state index in [4.69, 9.17) is 9.47 Å². The smallest absolute Gasteiger partial charge is 0.267 e. The van der Waals surface area contributed by atoms with Crippen LogP contribution in [0, 0.1) is 0 Å². The van der Waals surface area contributed by atoms with Gasteiger partial charge in [-0.15, -0.1) is 0 Å². The van der Waals surface area contributed by atoms with Crippen LogP contribution in [0.15, 0.2) is 77.7 Å². The summed E-state index contributed by atoms with van der Waals surface area (Å²) in [4.78, 5) is 13.3. The third-order valence-corrected chi connectivity index (χ3v) is 9.06. The average molecular weight is 560 g/mol. The predicted octanol–water partition coefficient (Wildman–Crippen LogP) is 3.12. The Kier molecular flexibility index (Phi) is 7.95. The van der Waals surface area contributed by atoms with E-state index in [1.807, 2.05) is 0 Å². The lowest BCUT2D eigenvalue weighted by atomic mass is 10.2. The van der Waals surface area contributed by atoms with E-state index in [2.05, 4.69) is 10.0 Å². The quantitative estimate of drug-likeness (QED) is 0.412. The Balaban J connectivity index is 1.62. The molecule has 0 aliphatic carbocycles. The number of rotatable bonds is 9. The molecule has 2 N–H and O–H groups in total. The highest BCUT2D eigenvalue weighted by Crippen LogP contribution is 2.36. The van der Waals surface area contributed by atoms with Gasteiger partial charge < -0.3 is 14.8 Å². The summed E-state index contributed by atoms with van der Waals surface area (Å²) < 4.78 is 67.0. The van der Waals surface area contributed by atoms with Crippen molar-refractivity contribution in [3.8, 4) is 11.5 Å². The number of ether oxygens (including phenoxy) is 2. The zero-order valence-electron chi connectivity index (χ0n) is 21.1. The second-order valence-corrected chi connectivity index (χ2v) is 12.6. The molecule has 1 heterocycles. The third kappa shape index (κ3) is 6.09. The van der Waals surface area contributed by atoms with Crippen LogP contribution in [0.3, 0.4) is 0 Å². The van der Waals surface area contributed by atoms with Gasteiger partial charge in [-0.3, -0.25) is 9.10 Å². The van der Waals surface area contributed by atoms with Crippen molar-refractivity contribution in [3.05, 3.63) is 78.4 Å². The van der Waals surface area contributed by atoms with Gasteiger partial charge in [0, 0.05) is 6.04 Å². The van der Waals surface area contributed by atoms with Gasteiger partial charge in [0.1, 0.15) is 11.5 Å². The van der Waals surface area contributed by atoms with Crippen LogP contribution >= 0.6 is 0 Å². The van der Waals surface area contributed by atoms with Crippen LogP contribution in [-0.2, 0) is 30.6 Å². The van der Waals surface area contributed by atoms with Crippen molar-refractivity contribution in [3.63, 3.8) is 0 Å². The first kappa shape index (κ1) is 27.4. The van der Waals surface area contributed by atoms with Crippen LogP contribution in [0.2, 0.25) is 0 Å². The number of nitrogens with one attached hydrogen (secondary N) is 2. The lowest BCUT2D eigenvalue weighted by Gasteiger charge is -2.34. The van der Waals surface area contributed by atoms with Gasteiger partial charge in [0.05, 0.1) is 35.7 Å². The fourth-order valence-electron chi connectivity index (χ4n) is 4.01. The number of anilines is 2. The largest absolute Gasteiger partial charge is 0.495 e. The molecule has 10 nitrogen and oxygen atoms in total. The molecular formula is C26H29N3O7S2. The standard InChI is InChI=1S/C26H29N3O7S2/c1-18(2)28-38(33,34)20-13-14-23(35-3)21(15-20)27-26(30)25-16-29(22-11-7-8-12-24(22)36-25)37(31,32)17-19-9-5-4-6-10-19/h4-15,18,25,28H,16-17H2,1-3H3,(H,27,30). The van der Waals surface area contributed by atoms with Crippen LogP contribution in [0.1, 0.15) is 19.4 Å². The molecule has 0 saturated heterocycles. The van der Waals surface area contributed by atoms with E-state index in [1.54, 1.807) is 68.4 Å². The lowest BCUT2D eigenvalue weighted by molar-refractivity contribution is -0.122. The van der Waals surface area contributed by atoms with Gasteiger partial charge in [0.15, 0.2) is 6.10 Å². The van der Waals surface area contributed by atoms with Gasteiger partial charge in [-0.25, -0.2) is 21.6 Å². The highest BCUT2D eigenvalue weighted by Gasteiger charge is 2.37. The first-order valence-corrected chi connectivity index (χ1v) is 14.9. The Labute approximate surface area is 222 Å². The Morgan fingerprint density at radius 3 is 2.39 bits per heavy atom. The molecule has 0 bridgehead atoms. The van der Waals surface area contributed by atoms with E-state index in [9.17, 15) is 21.6 Å². The molecule has 3 aromatic rings. The van der Waals surface area contributed by atoms with Gasteiger partial charge in [0.25, 0.3) is 5.91 Å². The van der Waals surface area contributed by atoms with Crippen molar-refractivity contribution in [2.45, 2.75) is 36.6 Å². The summed E-state index contributed by atoms with van der Waals surface area (Å²) in [6, 6.07) is 19.1. The van der Waals surface area contributed by atoms with Crippen LogP contribution < -0.4 is 23.8 Å². The highest BCUT2D eigenvalue weighted by molar-refractivity contribution is 7.92. The molecule has 0 fully saturated rings. The molecule has 1 unspecified atom stereocenters. The van der Waals surface area contributed by atoms with Gasteiger partial charge in [-0.1, -0.05) is 42.5 Å². The lowest BCUT2D eigenvalue weighted by Crippen LogP contribution is -2.49. The number of benzene rings is 3. The number of carbonyl (C=O) groups is 1. The zero-order valence-corrected chi connectivity index (χ0v) is 22.8. The molecule has 0 saturated carbocycles. The topological polar surface area (TPSA) is 131 Å². The zero-order chi connectivity index (χ0) is 27.5. The van der Waals surface area contributed by atoms with E-state index < -0.39 is 32.1 Å². The van der Waals surface area contributed by atoms with E-state index in [0.29, 0.717) is 11.3 Å². The van der Waals surface area contributed by atoms with E-state index in [-0.39, 0.29) is 40.4 Å². The van der Waals surface area contributed by atoms with Crippen LogP contribution in [-0.4, -0.2) is 48.5 Å². The number of para-hydroxylation sites is 2. The van der Waals surface area contributed by atoms with Crippen molar-refractivity contribution in [2.75, 3.05) is 23.3 Å². The number of fused-ring (bicyclic) bond motifs is 1. The summed E-state index contributed by atoms with van der Waals surface area (Å²) in [7, 11) is -6.33. The maximum absolute atomic E-state index is 13.4. The van der Waals surface area contributed by atoms with Gasteiger partial charge in [-0.05, 0) is 49.7 Å². The summed E-state index contributed by atoms with van der Waals surface area (Å²) in [6.45, 7) is 3.12. The molecule has 1 atom stereocenters. The molecule has 202 valence electrons. The Morgan fingerprint density at radius 2 is 1.71 bits per heavy atom. The van der Waals surface area contributed by atoms with Crippen LogP contribution in [0.25, 0.3) is 0 Å². The Morgan fingerprint density at radius 1 is 1.03 bits per heavy atom. The molecule has 0 aromatic heterocycles. The van der Waals surface area contributed by atoms with Gasteiger partial charge in [-0.2, -0.15) is 0 Å². The first-order valence-electron chi connectivity index (χ1n) is 11.8. The van der Waals surface area contributed by atoms with Crippen molar-refractivity contribution >= 4 is 37.3 Å². The second-order valence-electron chi connectivity index (χ2n) is 8.97. The second kappa shape index (κ2) is 11.0. The minimum absolute atomic E-state index is 0.0655. The molecule has 38 heavy (non-hydrogen) atoms. The molecule has 0 radical (unpaired) electrons. The van der Waals surface area contributed by atoms with E-state index in [1.165, 1.54) is 29.6 Å². The van der Waals surface area contributed by atoms with Crippen molar-refractivity contribution in [1.82, 2.24) is 4.72 Å². The maximum Gasteiger partial charge on any atom is 0.267 e. The third-order valence-electron chi connectivity index (χ3n) is 5.68. The molecule has 1 amide bonds. The number of hydrogen-bond donors (Lipinski definition) is 2. The van der Waals surface area contributed by atoms with E-state index in [0.717, 1.165) is 0 Å². The Bertz CT molecular complexity index is 1530. The number of sulfonamides is 2. The van der Waals surface area contributed by atoms with Gasteiger partial charge in [0.2, 0.25) is 20.0 Å². The summed E-state index contributed by atoms with van der Waals surface area (Å²) >= 11 is 0. The van der Waals surface area contributed by atoms with Crippen LogP contribution in [0.5, 0.6) is 11.5 Å². The summed E-state index contributed by atoms with van der Waals surface area (Å²) in [5, 5.41) is 2.65. The van der Waals surface area contributed by atoms with Crippen molar-refractivity contribution < 1.29 is 31.1 Å². The molecule has 1 aliphatic heterocycles. The molecular weight excluding hydrogens is 530 g/mol. The van der Waals surface area contributed by atoms with E-state index >= 15 is 0 Å². The molecule has 4 rings (SSSR count). The predicted molar refractivity (Wildman–Crippen MR) is 144 cm³/mol. The van der Waals surface area contributed by atoms with Gasteiger partial charge >= 0.3 is 0 Å². The van der Waals surface area contributed by atoms with Crippen LogP contribution in [0.4, 0.5) is 11.4 Å². The normalized spacial score (nSPS) is 15.5. The fraction of sp³-hybridized carbons (Fsp3) is 0.269. The SMILES string of the molecule is COc1ccc(S(=O)(=O)NC(C)C)cc1NC(=O)C1CN(S(=O)(=O)Cc2ccccc2)c2ccccc2O1. The Hall–Kier alpha value is -3.61. The molecule has 0 spiro atoms. The minimum atomic E-state index is -3.88. The van der Waals surface area contributed by atoms with Crippen molar-refractivity contribution in [2.24, 2.45) is 0 Å². The first-order chi connectivity index (χ1) is 18.0. The summed E-state index contributed by atoms with van der Waals surface area (Å²) in [5.41, 5.74) is 1.04. The molecule has 3 aromatic carbocycles. The number of amides is 1. The maximum atomic E-state index is 13.4. The fourth-order valence-corrected chi connectivity index (χ4v) is 6.87.